The van der Waals surface area contributed by atoms with Crippen LogP contribution in [0.15, 0.2) is 17.0 Å². The molecule has 0 bridgehead atoms. The first-order chi connectivity index (χ1) is 7.13. The summed E-state index contributed by atoms with van der Waals surface area (Å²) in [5.74, 6) is -0.753. The van der Waals surface area contributed by atoms with Crippen LogP contribution in [0.3, 0.4) is 0 Å². The molecule has 2 rings (SSSR count). The van der Waals surface area contributed by atoms with E-state index < -0.39 is 11.5 Å². The van der Waals surface area contributed by atoms with Crippen molar-refractivity contribution in [1.82, 2.24) is 10.1 Å². The maximum atomic E-state index is 11.2. The summed E-state index contributed by atoms with van der Waals surface area (Å²) < 4.78 is 4.73. The number of carboxylic acids is 1. The van der Waals surface area contributed by atoms with Crippen LogP contribution in [-0.2, 0) is 11.3 Å². The van der Waals surface area contributed by atoms with E-state index >= 15 is 0 Å². The second-order valence-electron chi connectivity index (χ2n) is 4.14. The fourth-order valence-corrected chi connectivity index (χ4v) is 2.04. The van der Waals surface area contributed by atoms with Crippen LogP contribution in [-0.4, -0.2) is 33.2 Å². The maximum absolute atomic E-state index is 11.2. The molecule has 0 aliphatic carbocycles. The fraction of sp³-hybridized carbons (Fsp3) is 0.600. The quantitative estimate of drug-likeness (QED) is 0.809. The molecule has 1 aliphatic rings. The molecule has 0 amide bonds. The van der Waals surface area contributed by atoms with Gasteiger partial charge in [0.2, 0.25) is 0 Å². The third-order valence-corrected chi connectivity index (χ3v) is 3.11. The van der Waals surface area contributed by atoms with E-state index in [2.05, 4.69) is 5.16 Å². The van der Waals surface area contributed by atoms with E-state index in [1.54, 1.807) is 19.4 Å². The number of carbonyl (C=O) groups is 1. The molecule has 1 aliphatic heterocycles. The van der Waals surface area contributed by atoms with Crippen molar-refractivity contribution < 1.29 is 14.4 Å². The second kappa shape index (κ2) is 3.66. The molecule has 0 radical (unpaired) electrons. The lowest BCUT2D eigenvalue weighted by molar-refractivity contribution is -0.148. The summed E-state index contributed by atoms with van der Waals surface area (Å²) >= 11 is 0. The number of hydrogen-bond acceptors (Lipinski definition) is 4. The smallest absolute Gasteiger partial charge is 0.323 e. The van der Waals surface area contributed by atoms with Gasteiger partial charge < -0.3 is 9.63 Å². The lowest BCUT2D eigenvalue weighted by atomic mass is 9.99. The van der Waals surface area contributed by atoms with Gasteiger partial charge in [-0.25, -0.2) is 0 Å². The monoisotopic (exact) mass is 210 g/mol. The summed E-state index contributed by atoms with van der Waals surface area (Å²) in [5.41, 5.74) is 0.182. The molecule has 15 heavy (non-hydrogen) atoms. The Morgan fingerprint density at radius 3 is 3.20 bits per heavy atom. The number of rotatable bonds is 3. The SMILES string of the molecule is CC1(C(=O)O)CCCN1Cc1cnoc1. The summed E-state index contributed by atoms with van der Waals surface area (Å²) in [7, 11) is 0. The van der Waals surface area contributed by atoms with Crippen LogP contribution in [0.4, 0.5) is 0 Å². The van der Waals surface area contributed by atoms with Crippen molar-refractivity contribution in [2.75, 3.05) is 6.54 Å². The first kappa shape index (κ1) is 10.2. The molecule has 2 heterocycles. The minimum absolute atomic E-state index is 0.590. The molecular formula is C10H14N2O3. The predicted octanol–water partition coefficient (Wildman–Crippen LogP) is 1.11. The predicted molar refractivity (Wildman–Crippen MR) is 52.2 cm³/mol. The average molecular weight is 210 g/mol. The highest BCUT2D eigenvalue weighted by Crippen LogP contribution is 2.30. The topological polar surface area (TPSA) is 66.6 Å². The summed E-state index contributed by atoms with van der Waals surface area (Å²) in [6.07, 6.45) is 4.81. The van der Waals surface area contributed by atoms with Crippen molar-refractivity contribution in [3.63, 3.8) is 0 Å². The van der Waals surface area contributed by atoms with E-state index in [0.717, 1.165) is 18.5 Å². The second-order valence-corrected chi connectivity index (χ2v) is 4.14. The van der Waals surface area contributed by atoms with Crippen LogP contribution >= 0.6 is 0 Å². The van der Waals surface area contributed by atoms with E-state index in [9.17, 15) is 9.90 Å². The molecule has 5 nitrogen and oxygen atoms in total. The molecule has 1 N–H and O–H groups in total. The van der Waals surface area contributed by atoms with Crippen molar-refractivity contribution in [1.29, 1.82) is 0 Å². The van der Waals surface area contributed by atoms with Crippen LogP contribution in [0.2, 0.25) is 0 Å². The lowest BCUT2D eigenvalue weighted by Crippen LogP contribution is -2.47. The zero-order valence-electron chi connectivity index (χ0n) is 8.64. The van der Waals surface area contributed by atoms with Crippen molar-refractivity contribution in [2.45, 2.75) is 31.8 Å². The molecule has 1 aromatic rings. The fourth-order valence-electron chi connectivity index (χ4n) is 2.04. The number of hydrogen-bond donors (Lipinski definition) is 1. The van der Waals surface area contributed by atoms with Gasteiger partial charge in [-0.1, -0.05) is 5.16 Å². The number of carboxylic acid groups (broad SMARTS) is 1. The van der Waals surface area contributed by atoms with Crippen molar-refractivity contribution in [3.8, 4) is 0 Å². The van der Waals surface area contributed by atoms with Crippen molar-refractivity contribution in [3.05, 3.63) is 18.0 Å². The molecular weight excluding hydrogens is 196 g/mol. The van der Waals surface area contributed by atoms with E-state index in [-0.39, 0.29) is 0 Å². The molecule has 82 valence electrons. The van der Waals surface area contributed by atoms with Crippen LogP contribution in [0.1, 0.15) is 25.3 Å². The summed E-state index contributed by atoms with van der Waals surface area (Å²) in [5, 5.41) is 12.8. The Hall–Kier alpha value is -1.36. The van der Waals surface area contributed by atoms with E-state index in [1.807, 2.05) is 4.90 Å². The Bertz CT molecular complexity index is 350. The van der Waals surface area contributed by atoms with Gasteiger partial charge in [0.1, 0.15) is 11.8 Å². The summed E-state index contributed by atoms with van der Waals surface area (Å²) in [6.45, 7) is 3.18. The molecule has 1 saturated heterocycles. The van der Waals surface area contributed by atoms with Gasteiger partial charge in [0.05, 0.1) is 6.20 Å². The lowest BCUT2D eigenvalue weighted by Gasteiger charge is -2.30. The highest BCUT2D eigenvalue weighted by Gasteiger charge is 2.43. The minimum Gasteiger partial charge on any atom is -0.480 e. The number of likely N-dealkylation sites (tertiary alicyclic amines) is 1. The Morgan fingerprint density at radius 2 is 2.60 bits per heavy atom. The minimum atomic E-state index is -0.753. The van der Waals surface area contributed by atoms with Crippen molar-refractivity contribution in [2.24, 2.45) is 0 Å². The Kier molecular flexibility index (Phi) is 2.48. The van der Waals surface area contributed by atoms with Crippen LogP contribution < -0.4 is 0 Å². The van der Waals surface area contributed by atoms with Gasteiger partial charge in [-0.15, -0.1) is 0 Å². The van der Waals surface area contributed by atoms with Gasteiger partial charge in [-0.3, -0.25) is 9.69 Å². The standard InChI is InChI=1S/C10H14N2O3/c1-10(9(13)14)3-2-4-12(10)6-8-5-11-15-7-8/h5,7H,2-4,6H2,1H3,(H,13,14). The number of nitrogens with zero attached hydrogens (tertiary/aromatic N) is 2. The summed E-state index contributed by atoms with van der Waals surface area (Å²) in [6, 6.07) is 0. The van der Waals surface area contributed by atoms with Crippen LogP contribution in [0.25, 0.3) is 0 Å². The zero-order valence-corrected chi connectivity index (χ0v) is 8.64. The normalized spacial score (nSPS) is 27.0. The zero-order chi connectivity index (χ0) is 10.9. The van der Waals surface area contributed by atoms with Crippen LogP contribution in [0.5, 0.6) is 0 Å². The van der Waals surface area contributed by atoms with Gasteiger partial charge in [0, 0.05) is 12.1 Å². The highest BCUT2D eigenvalue weighted by atomic mass is 16.5. The number of aliphatic carboxylic acids is 1. The molecule has 0 saturated carbocycles. The van der Waals surface area contributed by atoms with E-state index in [4.69, 9.17) is 4.52 Å². The first-order valence-corrected chi connectivity index (χ1v) is 4.99. The Morgan fingerprint density at radius 1 is 1.80 bits per heavy atom. The molecule has 1 fully saturated rings. The third kappa shape index (κ3) is 1.74. The molecule has 0 aromatic carbocycles. The average Bonchev–Trinajstić information content (AvgIpc) is 2.78. The maximum Gasteiger partial charge on any atom is 0.323 e. The van der Waals surface area contributed by atoms with Gasteiger partial charge >= 0.3 is 5.97 Å². The first-order valence-electron chi connectivity index (χ1n) is 4.99. The van der Waals surface area contributed by atoms with Gasteiger partial charge in [0.25, 0.3) is 0 Å². The largest absolute Gasteiger partial charge is 0.480 e. The Labute approximate surface area is 87.7 Å². The highest BCUT2D eigenvalue weighted by molar-refractivity contribution is 5.78. The van der Waals surface area contributed by atoms with E-state index in [0.29, 0.717) is 13.0 Å². The van der Waals surface area contributed by atoms with Crippen LogP contribution in [0, 0.1) is 0 Å². The van der Waals surface area contributed by atoms with E-state index in [1.165, 1.54) is 0 Å². The number of aromatic nitrogens is 1. The Balaban J connectivity index is 2.12. The molecule has 1 unspecified atom stereocenters. The molecule has 1 atom stereocenters. The van der Waals surface area contributed by atoms with Crippen molar-refractivity contribution >= 4 is 5.97 Å². The van der Waals surface area contributed by atoms with Gasteiger partial charge in [0.15, 0.2) is 0 Å². The summed E-state index contributed by atoms with van der Waals surface area (Å²) in [4.78, 5) is 13.1. The van der Waals surface area contributed by atoms with Gasteiger partial charge in [-0.2, -0.15) is 0 Å². The molecule has 0 spiro atoms. The van der Waals surface area contributed by atoms with Gasteiger partial charge in [-0.05, 0) is 26.3 Å². The third-order valence-electron chi connectivity index (χ3n) is 3.11. The molecule has 5 heteroatoms. The molecule has 1 aromatic heterocycles.